The smallest absolute Gasteiger partial charge is 0.308 e. The zero-order valence-electron chi connectivity index (χ0n) is 17.6. The molecule has 162 valence electrons. The monoisotopic (exact) mass is 423 g/mol. The summed E-state index contributed by atoms with van der Waals surface area (Å²) in [4.78, 5) is 51.6. The van der Waals surface area contributed by atoms with E-state index in [2.05, 4.69) is 5.32 Å². The van der Waals surface area contributed by atoms with Crippen molar-refractivity contribution < 1.29 is 23.9 Å². The van der Waals surface area contributed by atoms with Gasteiger partial charge >= 0.3 is 5.97 Å². The number of amides is 3. The van der Waals surface area contributed by atoms with Gasteiger partial charge in [-0.25, -0.2) is 0 Å². The summed E-state index contributed by atoms with van der Waals surface area (Å²) in [5.41, 5.74) is 3.13. The topological polar surface area (TPSA) is 96.0 Å². The molecule has 1 aliphatic heterocycles. The SMILES string of the molecule is CN(C)c1ccc(CNC(=O)COC(=O)CCN2C(=O)Cc3ccccc3C2=O)cc1. The van der Waals surface area contributed by atoms with Crippen molar-refractivity contribution in [3.05, 3.63) is 65.2 Å². The Hall–Kier alpha value is -3.68. The van der Waals surface area contributed by atoms with Gasteiger partial charge in [0.05, 0.1) is 12.8 Å². The second-order valence-electron chi connectivity index (χ2n) is 7.43. The van der Waals surface area contributed by atoms with Crippen molar-refractivity contribution >= 4 is 29.4 Å². The lowest BCUT2D eigenvalue weighted by molar-refractivity contribution is -0.149. The number of rotatable bonds is 8. The molecule has 0 aromatic heterocycles. The number of benzene rings is 2. The molecule has 0 aliphatic carbocycles. The average Bonchev–Trinajstić information content (AvgIpc) is 2.76. The van der Waals surface area contributed by atoms with Crippen LogP contribution >= 0.6 is 0 Å². The second kappa shape index (κ2) is 9.88. The molecule has 8 nitrogen and oxygen atoms in total. The molecule has 8 heteroatoms. The highest BCUT2D eigenvalue weighted by Crippen LogP contribution is 2.19. The molecule has 1 heterocycles. The molecule has 0 unspecified atom stereocenters. The van der Waals surface area contributed by atoms with Gasteiger partial charge in [-0.1, -0.05) is 30.3 Å². The average molecular weight is 423 g/mol. The first-order valence-corrected chi connectivity index (χ1v) is 9.96. The summed E-state index contributed by atoms with van der Waals surface area (Å²) in [5, 5.41) is 2.69. The summed E-state index contributed by atoms with van der Waals surface area (Å²) in [5.74, 6) is -1.85. The van der Waals surface area contributed by atoms with Crippen molar-refractivity contribution in [2.75, 3.05) is 32.1 Å². The van der Waals surface area contributed by atoms with Gasteiger partial charge in [0.25, 0.3) is 11.8 Å². The number of fused-ring (bicyclic) bond motifs is 1. The third-order valence-electron chi connectivity index (χ3n) is 4.98. The molecule has 3 rings (SSSR count). The minimum absolute atomic E-state index is 0.0787. The van der Waals surface area contributed by atoms with Crippen LogP contribution in [0.3, 0.4) is 0 Å². The van der Waals surface area contributed by atoms with Crippen LogP contribution in [-0.2, 0) is 32.1 Å². The second-order valence-corrected chi connectivity index (χ2v) is 7.43. The highest BCUT2D eigenvalue weighted by atomic mass is 16.5. The summed E-state index contributed by atoms with van der Waals surface area (Å²) in [6, 6.07) is 14.6. The van der Waals surface area contributed by atoms with Crippen LogP contribution < -0.4 is 10.2 Å². The predicted octanol–water partition coefficient (Wildman–Crippen LogP) is 1.53. The minimum Gasteiger partial charge on any atom is -0.456 e. The van der Waals surface area contributed by atoms with E-state index in [1.165, 1.54) is 0 Å². The first-order chi connectivity index (χ1) is 14.8. The number of ether oxygens (including phenoxy) is 1. The van der Waals surface area contributed by atoms with Crippen LogP contribution in [0.15, 0.2) is 48.5 Å². The number of anilines is 1. The van der Waals surface area contributed by atoms with Crippen molar-refractivity contribution in [1.29, 1.82) is 0 Å². The summed E-state index contributed by atoms with van der Waals surface area (Å²) < 4.78 is 4.97. The van der Waals surface area contributed by atoms with Crippen molar-refractivity contribution in [2.24, 2.45) is 0 Å². The van der Waals surface area contributed by atoms with Gasteiger partial charge in [0.15, 0.2) is 6.61 Å². The van der Waals surface area contributed by atoms with E-state index >= 15 is 0 Å². The Morgan fingerprint density at radius 3 is 2.48 bits per heavy atom. The molecule has 0 atom stereocenters. The lowest BCUT2D eigenvalue weighted by atomic mass is 9.98. The van der Waals surface area contributed by atoms with Gasteiger partial charge in [0.1, 0.15) is 0 Å². The Balaban J connectivity index is 1.40. The van der Waals surface area contributed by atoms with Gasteiger partial charge in [-0.15, -0.1) is 0 Å². The zero-order valence-corrected chi connectivity index (χ0v) is 17.6. The van der Waals surface area contributed by atoms with E-state index in [9.17, 15) is 19.2 Å². The minimum atomic E-state index is -0.648. The lowest BCUT2D eigenvalue weighted by Crippen LogP contribution is -2.43. The lowest BCUT2D eigenvalue weighted by Gasteiger charge is -2.26. The Kier molecular flexibility index (Phi) is 7.02. The van der Waals surface area contributed by atoms with Crippen LogP contribution in [0.4, 0.5) is 5.69 Å². The van der Waals surface area contributed by atoms with Crippen molar-refractivity contribution in [2.45, 2.75) is 19.4 Å². The number of carbonyl (C=O) groups excluding carboxylic acids is 4. The summed E-state index contributed by atoms with van der Waals surface area (Å²) >= 11 is 0. The van der Waals surface area contributed by atoms with Gasteiger partial charge < -0.3 is 15.0 Å². The fraction of sp³-hybridized carbons (Fsp3) is 0.304. The standard InChI is InChI=1S/C23H25N3O5/c1-25(2)18-9-7-16(8-10-18)14-24-20(27)15-31-22(29)11-12-26-21(28)13-17-5-3-4-6-19(17)23(26)30/h3-10H,11-15H2,1-2H3,(H,24,27). The number of imide groups is 1. The molecule has 3 amide bonds. The van der Waals surface area contributed by atoms with E-state index in [-0.39, 0.29) is 25.3 Å². The summed E-state index contributed by atoms with van der Waals surface area (Å²) in [7, 11) is 3.89. The van der Waals surface area contributed by atoms with Crippen LogP contribution in [0.1, 0.15) is 27.9 Å². The van der Waals surface area contributed by atoms with Crippen LogP contribution in [0, 0.1) is 0 Å². The van der Waals surface area contributed by atoms with Gasteiger partial charge in [-0.3, -0.25) is 24.1 Å². The van der Waals surface area contributed by atoms with E-state index in [0.29, 0.717) is 17.7 Å². The van der Waals surface area contributed by atoms with E-state index in [1.54, 1.807) is 24.3 Å². The van der Waals surface area contributed by atoms with Gasteiger partial charge in [0.2, 0.25) is 5.91 Å². The summed E-state index contributed by atoms with van der Waals surface area (Å²) in [6.07, 6.45) is -0.0478. The van der Waals surface area contributed by atoms with Gasteiger partial charge in [0, 0.05) is 38.4 Å². The van der Waals surface area contributed by atoms with E-state index in [1.807, 2.05) is 43.3 Å². The normalized spacial score (nSPS) is 12.9. The molecular formula is C23H25N3O5. The summed E-state index contributed by atoms with van der Waals surface area (Å²) in [6.45, 7) is -0.176. The molecular weight excluding hydrogens is 398 g/mol. The Morgan fingerprint density at radius 2 is 1.77 bits per heavy atom. The van der Waals surface area contributed by atoms with Gasteiger partial charge in [-0.05, 0) is 29.3 Å². The van der Waals surface area contributed by atoms with Crippen LogP contribution in [0.2, 0.25) is 0 Å². The Bertz CT molecular complexity index is 985. The van der Waals surface area contributed by atoms with E-state index < -0.39 is 24.4 Å². The molecule has 31 heavy (non-hydrogen) atoms. The van der Waals surface area contributed by atoms with Crippen LogP contribution in [-0.4, -0.2) is 55.8 Å². The van der Waals surface area contributed by atoms with Crippen molar-refractivity contribution in [3.8, 4) is 0 Å². The number of esters is 1. The maximum atomic E-state index is 12.5. The predicted molar refractivity (Wildman–Crippen MR) is 114 cm³/mol. The number of nitrogens with one attached hydrogen (secondary N) is 1. The maximum absolute atomic E-state index is 12.5. The first-order valence-electron chi connectivity index (χ1n) is 9.96. The zero-order chi connectivity index (χ0) is 22.4. The molecule has 0 saturated heterocycles. The fourth-order valence-corrected chi connectivity index (χ4v) is 3.21. The molecule has 2 aromatic carbocycles. The van der Waals surface area contributed by atoms with Crippen LogP contribution in [0.5, 0.6) is 0 Å². The van der Waals surface area contributed by atoms with Crippen molar-refractivity contribution in [3.63, 3.8) is 0 Å². The quantitative estimate of drug-likeness (QED) is 0.511. The number of carbonyl (C=O) groups is 4. The molecule has 2 aromatic rings. The largest absolute Gasteiger partial charge is 0.456 e. The third-order valence-corrected chi connectivity index (χ3v) is 4.98. The molecule has 0 bridgehead atoms. The molecule has 0 spiro atoms. The van der Waals surface area contributed by atoms with E-state index in [4.69, 9.17) is 4.74 Å². The first kappa shape index (κ1) is 22.0. The molecule has 0 radical (unpaired) electrons. The molecule has 0 saturated carbocycles. The number of hydrogen-bond donors (Lipinski definition) is 1. The third kappa shape index (κ3) is 5.69. The van der Waals surface area contributed by atoms with Gasteiger partial charge in [-0.2, -0.15) is 0 Å². The Labute approximate surface area is 180 Å². The van der Waals surface area contributed by atoms with E-state index in [0.717, 1.165) is 16.2 Å². The molecule has 1 aliphatic rings. The number of nitrogens with zero attached hydrogens (tertiary/aromatic N) is 2. The fourth-order valence-electron chi connectivity index (χ4n) is 3.21. The van der Waals surface area contributed by atoms with Crippen LogP contribution in [0.25, 0.3) is 0 Å². The highest BCUT2D eigenvalue weighted by Gasteiger charge is 2.30. The molecule has 1 N–H and O–H groups in total. The molecule has 0 fully saturated rings. The number of hydrogen-bond acceptors (Lipinski definition) is 6. The maximum Gasteiger partial charge on any atom is 0.308 e. The highest BCUT2D eigenvalue weighted by molar-refractivity contribution is 6.09. The van der Waals surface area contributed by atoms with Crippen molar-refractivity contribution in [1.82, 2.24) is 10.2 Å². The Morgan fingerprint density at radius 1 is 1.06 bits per heavy atom.